The van der Waals surface area contributed by atoms with Gasteiger partial charge in [0.1, 0.15) is 5.82 Å². The summed E-state index contributed by atoms with van der Waals surface area (Å²) in [6, 6.07) is 8.68. The molecule has 1 aromatic heterocycles. The number of carboxylic acids is 2. The maximum absolute atomic E-state index is 11.4. The molecule has 0 bridgehead atoms. The van der Waals surface area contributed by atoms with Crippen molar-refractivity contribution in [3.8, 4) is 0 Å². The van der Waals surface area contributed by atoms with Crippen LogP contribution in [0.3, 0.4) is 0 Å². The highest BCUT2D eigenvalue weighted by Crippen LogP contribution is 2.21. The Morgan fingerprint density at radius 1 is 0.853 bits per heavy atom. The quantitative estimate of drug-likeness (QED) is 0.225. The van der Waals surface area contributed by atoms with Gasteiger partial charge in [-0.3, -0.25) is 4.55 Å². The molecule has 0 atom stereocenters. The van der Waals surface area contributed by atoms with Gasteiger partial charge in [-0.1, -0.05) is 0 Å². The van der Waals surface area contributed by atoms with E-state index in [0.29, 0.717) is 30.9 Å². The van der Waals surface area contributed by atoms with Crippen molar-refractivity contribution >= 4 is 45.3 Å². The standard InChI is InChI=1S/C20H20N6O7S/c21-7-1-2-16-24-19(22-13-3-5-15(6-4-13)34(31,32)33)26-20(25-16)23-14-9-11(17(27)28)8-12(10-14)18(29)30/h3-6,8-10H,1-2,7,21H2,(H,27,28)(H,29,30)(H,31,32,33)(H2,22,23,24,25,26). The molecule has 7 N–H and O–H groups in total. The zero-order valence-electron chi connectivity index (χ0n) is 17.5. The molecule has 0 amide bonds. The second-order valence-corrected chi connectivity index (χ2v) is 8.37. The molecule has 0 aliphatic carbocycles. The molecule has 0 aliphatic rings. The molecule has 3 aromatic rings. The Morgan fingerprint density at radius 2 is 1.38 bits per heavy atom. The van der Waals surface area contributed by atoms with E-state index in [2.05, 4.69) is 25.6 Å². The average Bonchev–Trinajstić information content (AvgIpc) is 2.77. The summed E-state index contributed by atoms with van der Waals surface area (Å²) in [5.74, 6) is -2.16. The van der Waals surface area contributed by atoms with Crippen LogP contribution in [0.5, 0.6) is 0 Å². The van der Waals surface area contributed by atoms with E-state index in [1.165, 1.54) is 36.4 Å². The minimum Gasteiger partial charge on any atom is -0.478 e. The summed E-state index contributed by atoms with van der Waals surface area (Å²) >= 11 is 0. The fourth-order valence-corrected chi connectivity index (χ4v) is 3.30. The van der Waals surface area contributed by atoms with E-state index in [-0.39, 0.29) is 33.6 Å². The van der Waals surface area contributed by atoms with Crippen LogP contribution in [0.25, 0.3) is 0 Å². The minimum atomic E-state index is -4.34. The van der Waals surface area contributed by atoms with Gasteiger partial charge in [0.2, 0.25) is 11.9 Å². The molecule has 0 aliphatic heterocycles. The van der Waals surface area contributed by atoms with E-state index in [1.54, 1.807) is 0 Å². The van der Waals surface area contributed by atoms with Crippen molar-refractivity contribution in [3.05, 3.63) is 59.4 Å². The predicted molar refractivity (Wildman–Crippen MR) is 120 cm³/mol. The first-order valence-corrected chi connectivity index (χ1v) is 11.2. The lowest BCUT2D eigenvalue weighted by atomic mass is 10.1. The Balaban J connectivity index is 1.94. The van der Waals surface area contributed by atoms with Crippen LogP contribution in [-0.4, -0.2) is 56.6 Å². The Morgan fingerprint density at radius 3 is 1.85 bits per heavy atom. The molecule has 34 heavy (non-hydrogen) atoms. The van der Waals surface area contributed by atoms with Crippen molar-refractivity contribution in [1.29, 1.82) is 0 Å². The van der Waals surface area contributed by atoms with Gasteiger partial charge in [-0.05, 0) is 55.4 Å². The number of benzene rings is 2. The molecule has 0 unspecified atom stereocenters. The smallest absolute Gasteiger partial charge is 0.335 e. The Labute approximate surface area is 193 Å². The number of carboxylic acid groups (broad SMARTS) is 2. The number of rotatable bonds is 10. The van der Waals surface area contributed by atoms with Gasteiger partial charge in [-0.2, -0.15) is 23.4 Å². The zero-order chi connectivity index (χ0) is 24.9. The molecule has 0 radical (unpaired) electrons. The normalized spacial score (nSPS) is 11.1. The Hall–Kier alpha value is -4.14. The fraction of sp³-hybridized carbons (Fsp3) is 0.150. The molecule has 178 valence electrons. The van der Waals surface area contributed by atoms with Gasteiger partial charge < -0.3 is 26.6 Å². The van der Waals surface area contributed by atoms with Crippen molar-refractivity contribution in [1.82, 2.24) is 15.0 Å². The summed E-state index contributed by atoms with van der Waals surface area (Å²) in [6.07, 6.45) is 0.975. The summed E-state index contributed by atoms with van der Waals surface area (Å²) < 4.78 is 31.5. The van der Waals surface area contributed by atoms with Crippen LogP contribution < -0.4 is 16.4 Å². The maximum Gasteiger partial charge on any atom is 0.335 e. The average molecular weight is 488 g/mol. The van der Waals surface area contributed by atoms with Crippen LogP contribution in [0.2, 0.25) is 0 Å². The fourth-order valence-electron chi connectivity index (χ4n) is 2.82. The van der Waals surface area contributed by atoms with E-state index in [1.807, 2.05) is 0 Å². The molecular weight excluding hydrogens is 468 g/mol. The van der Waals surface area contributed by atoms with E-state index in [4.69, 9.17) is 10.3 Å². The first kappa shape index (κ1) is 24.5. The molecule has 2 aromatic carbocycles. The monoisotopic (exact) mass is 488 g/mol. The van der Waals surface area contributed by atoms with E-state index >= 15 is 0 Å². The molecular formula is C20H20N6O7S. The highest BCUT2D eigenvalue weighted by Gasteiger charge is 2.14. The summed E-state index contributed by atoms with van der Waals surface area (Å²) in [5, 5.41) is 24.2. The number of anilines is 4. The molecule has 0 fully saturated rings. The van der Waals surface area contributed by atoms with Crippen molar-refractivity contribution in [2.45, 2.75) is 17.7 Å². The number of nitrogens with two attached hydrogens (primary N) is 1. The number of aromatic nitrogens is 3. The van der Waals surface area contributed by atoms with E-state index < -0.39 is 22.1 Å². The van der Waals surface area contributed by atoms with Crippen LogP contribution in [0.15, 0.2) is 47.4 Å². The zero-order valence-corrected chi connectivity index (χ0v) is 18.3. The van der Waals surface area contributed by atoms with Gasteiger partial charge in [-0.25, -0.2) is 9.59 Å². The third kappa shape index (κ3) is 6.44. The third-order valence-corrected chi connectivity index (χ3v) is 5.25. The Bertz CT molecular complexity index is 1300. The summed E-state index contributed by atoms with van der Waals surface area (Å²) in [7, 11) is -4.34. The number of nitrogens with one attached hydrogen (secondary N) is 2. The van der Waals surface area contributed by atoms with Gasteiger partial charge in [0, 0.05) is 17.8 Å². The summed E-state index contributed by atoms with van der Waals surface area (Å²) in [4.78, 5) is 35.2. The number of hydrogen-bond donors (Lipinski definition) is 6. The largest absolute Gasteiger partial charge is 0.478 e. The predicted octanol–water partition coefficient (Wildman–Crippen LogP) is 1.89. The van der Waals surface area contributed by atoms with Crippen molar-refractivity contribution in [2.24, 2.45) is 5.73 Å². The highest BCUT2D eigenvalue weighted by molar-refractivity contribution is 7.85. The lowest BCUT2D eigenvalue weighted by Crippen LogP contribution is -2.10. The summed E-state index contributed by atoms with van der Waals surface area (Å²) in [5.41, 5.74) is 5.63. The topological polar surface area (TPSA) is 218 Å². The van der Waals surface area contributed by atoms with Crippen LogP contribution in [-0.2, 0) is 16.5 Å². The van der Waals surface area contributed by atoms with Crippen molar-refractivity contribution in [3.63, 3.8) is 0 Å². The molecule has 1 heterocycles. The maximum atomic E-state index is 11.4. The minimum absolute atomic E-state index is 0.0120. The molecule has 13 nitrogen and oxygen atoms in total. The van der Waals surface area contributed by atoms with Crippen LogP contribution in [0.1, 0.15) is 33.0 Å². The van der Waals surface area contributed by atoms with Crippen molar-refractivity contribution in [2.75, 3.05) is 17.2 Å². The molecule has 0 spiro atoms. The SMILES string of the molecule is NCCCc1nc(Nc2ccc(S(=O)(=O)O)cc2)nc(Nc2cc(C(=O)O)cc(C(=O)O)c2)n1. The number of carbonyl (C=O) groups is 2. The molecule has 3 rings (SSSR count). The van der Waals surface area contributed by atoms with E-state index in [9.17, 15) is 28.2 Å². The molecule has 14 heteroatoms. The second-order valence-electron chi connectivity index (χ2n) is 6.95. The van der Waals surface area contributed by atoms with Gasteiger partial charge in [0.15, 0.2) is 0 Å². The number of aromatic carboxylic acids is 2. The first-order valence-electron chi connectivity index (χ1n) is 9.73. The third-order valence-electron chi connectivity index (χ3n) is 4.38. The molecule has 0 saturated carbocycles. The summed E-state index contributed by atoms with van der Waals surface area (Å²) in [6.45, 7) is 0.386. The van der Waals surface area contributed by atoms with E-state index in [0.717, 1.165) is 6.07 Å². The number of nitrogens with zero attached hydrogens (tertiary/aromatic N) is 3. The van der Waals surface area contributed by atoms with Gasteiger partial charge >= 0.3 is 11.9 Å². The van der Waals surface area contributed by atoms with Crippen molar-refractivity contribution < 1.29 is 32.8 Å². The van der Waals surface area contributed by atoms with Crippen LogP contribution in [0.4, 0.5) is 23.3 Å². The highest BCUT2D eigenvalue weighted by atomic mass is 32.2. The molecule has 0 saturated heterocycles. The van der Waals surface area contributed by atoms with Gasteiger partial charge in [-0.15, -0.1) is 0 Å². The second kappa shape index (κ2) is 10.2. The lowest BCUT2D eigenvalue weighted by Gasteiger charge is -2.11. The van der Waals surface area contributed by atoms with Crippen LogP contribution in [0, 0.1) is 0 Å². The van der Waals surface area contributed by atoms with Crippen LogP contribution >= 0.6 is 0 Å². The Kier molecular flexibility index (Phi) is 7.35. The van der Waals surface area contributed by atoms with Gasteiger partial charge in [0.05, 0.1) is 16.0 Å². The lowest BCUT2D eigenvalue weighted by molar-refractivity contribution is 0.0696. The first-order chi connectivity index (χ1) is 16.0. The van der Waals surface area contributed by atoms with Gasteiger partial charge in [0.25, 0.3) is 10.1 Å². The number of aryl methyl sites for hydroxylation is 1. The number of hydrogen-bond acceptors (Lipinski definition) is 10.